The summed E-state index contributed by atoms with van der Waals surface area (Å²) in [6, 6.07) is 19.7. The van der Waals surface area contributed by atoms with Crippen LogP contribution in [0.1, 0.15) is 24.5 Å². The second-order valence-electron chi connectivity index (χ2n) is 6.37. The van der Waals surface area contributed by atoms with Gasteiger partial charge in [0.1, 0.15) is 0 Å². The molecule has 5 heteroatoms. The van der Waals surface area contributed by atoms with Crippen molar-refractivity contribution in [3.8, 4) is 0 Å². The molecule has 2 aromatic rings. The Kier molecular flexibility index (Phi) is 9.31. The predicted octanol–water partition coefficient (Wildman–Crippen LogP) is 3.67. The average Bonchev–Trinajstić information content (AvgIpc) is 2.69. The van der Waals surface area contributed by atoms with Gasteiger partial charge in [-0.1, -0.05) is 60.7 Å². The van der Waals surface area contributed by atoms with Crippen molar-refractivity contribution in [1.82, 2.24) is 0 Å². The fraction of sp³-hybridized carbons (Fsp3) is 0.429. The van der Waals surface area contributed by atoms with E-state index in [4.69, 9.17) is 14.7 Å². The number of aliphatic hydroxyl groups is 1. The molecule has 2 N–H and O–H groups in total. The van der Waals surface area contributed by atoms with Gasteiger partial charge >= 0.3 is 0 Å². The third-order valence-corrected chi connectivity index (χ3v) is 4.37. The molecule has 0 radical (unpaired) electrons. The van der Waals surface area contributed by atoms with Crippen molar-refractivity contribution < 1.29 is 24.7 Å². The molecule has 0 bridgehead atoms. The highest BCUT2D eigenvalue weighted by atomic mass is 17.1. The zero-order valence-electron chi connectivity index (χ0n) is 15.2. The molecule has 0 aliphatic heterocycles. The fourth-order valence-corrected chi connectivity index (χ4v) is 2.80. The second-order valence-corrected chi connectivity index (χ2v) is 6.37. The topological polar surface area (TPSA) is 68.2 Å². The van der Waals surface area contributed by atoms with Gasteiger partial charge in [-0.05, 0) is 24.5 Å². The van der Waals surface area contributed by atoms with Crippen molar-refractivity contribution in [2.45, 2.75) is 38.8 Å². The van der Waals surface area contributed by atoms with Gasteiger partial charge < -0.3 is 14.6 Å². The van der Waals surface area contributed by atoms with Crippen LogP contribution in [0, 0.1) is 5.92 Å². The molecule has 0 amide bonds. The molecule has 3 atom stereocenters. The summed E-state index contributed by atoms with van der Waals surface area (Å²) in [5.74, 6) is -0.286. The molecular weight excluding hydrogens is 332 g/mol. The van der Waals surface area contributed by atoms with Gasteiger partial charge in [-0.25, -0.2) is 4.89 Å². The quantitative estimate of drug-likeness (QED) is 0.343. The van der Waals surface area contributed by atoms with E-state index in [-0.39, 0.29) is 12.5 Å². The Hall–Kier alpha value is -1.76. The van der Waals surface area contributed by atoms with Gasteiger partial charge in [0, 0.05) is 12.5 Å². The third-order valence-electron chi connectivity index (χ3n) is 4.37. The minimum Gasteiger partial charge on any atom is -0.390 e. The number of hydrogen-bond acceptors (Lipinski definition) is 5. The van der Waals surface area contributed by atoms with E-state index in [0.717, 1.165) is 11.1 Å². The second kappa shape index (κ2) is 11.8. The van der Waals surface area contributed by atoms with Crippen molar-refractivity contribution in [3.05, 3.63) is 71.8 Å². The molecule has 5 nitrogen and oxygen atoms in total. The van der Waals surface area contributed by atoms with E-state index < -0.39 is 12.2 Å². The first-order chi connectivity index (χ1) is 12.7. The Morgan fingerprint density at radius 2 is 1.38 bits per heavy atom. The molecule has 26 heavy (non-hydrogen) atoms. The van der Waals surface area contributed by atoms with Crippen LogP contribution in [0.4, 0.5) is 0 Å². The average molecular weight is 360 g/mol. The Balaban J connectivity index is 1.74. The maximum absolute atomic E-state index is 10.4. The summed E-state index contributed by atoms with van der Waals surface area (Å²) in [6.07, 6.45) is -0.698. The molecule has 0 fully saturated rings. The van der Waals surface area contributed by atoms with E-state index in [9.17, 15) is 5.11 Å². The third kappa shape index (κ3) is 7.23. The summed E-state index contributed by atoms with van der Waals surface area (Å²) in [7, 11) is 0. The highest BCUT2D eigenvalue weighted by Crippen LogP contribution is 2.18. The molecule has 2 aromatic carbocycles. The van der Waals surface area contributed by atoms with E-state index in [1.54, 1.807) is 6.92 Å². The van der Waals surface area contributed by atoms with Gasteiger partial charge in [0.15, 0.2) is 0 Å². The summed E-state index contributed by atoms with van der Waals surface area (Å²) >= 11 is 0. The standard InChI is InChI=1S/C21H28O5/c1-17(26-23)20(12-13-24-14-18-8-4-2-5-9-18)21(22)16-25-15-19-10-6-3-7-11-19/h2-11,17,20-23H,12-16H2,1H3. The highest BCUT2D eigenvalue weighted by Gasteiger charge is 2.26. The summed E-state index contributed by atoms with van der Waals surface area (Å²) in [4.78, 5) is 4.44. The first-order valence-electron chi connectivity index (χ1n) is 8.92. The van der Waals surface area contributed by atoms with Crippen LogP contribution in [-0.2, 0) is 27.6 Å². The Morgan fingerprint density at radius 3 is 1.92 bits per heavy atom. The van der Waals surface area contributed by atoms with Crippen LogP contribution >= 0.6 is 0 Å². The lowest BCUT2D eigenvalue weighted by Crippen LogP contribution is -2.35. The first-order valence-corrected chi connectivity index (χ1v) is 8.92. The molecule has 0 heterocycles. The molecule has 0 aliphatic rings. The number of rotatable bonds is 12. The summed E-state index contributed by atoms with van der Waals surface area (Å²) in [5, 5.41) is 19.4. The van der Waals surface area contributed by atoms with E-state index in [2.05, 4.69) is 4.89 Å². The van der Waals surface area contributed by atoms with Gasteiger partial charge in [-0.2, -0.15) is 0 Å². The van der Waals surface area contributed by atoms with Crippen LogP contribution in [0.2, 0.25) is 0 Å². The molecular formula is C21H28O5. The van der Waals surface area contributed by atoms with E-state index in [1.807, 2.05) is 60.7 Å². The van der Waals surface area contributed by atoms with Gasteiger partial charge in [0.05, 0.1) is 32.0 Å². The van der Waals surface area contributed by atoms with Gasteiger partial charge in [-0.15, -0.1) is 0 Å². The molecule has 0 saturated carbocycles. The van der Waals surface area contributed by atoms with Crippen molar-refractivity contribution in [2.24, 2.45) is 5.92 Å². The summed E-state index contributed by atoms with van der Waals surface area (Å²) in [6.45, 7) is 3.31. The Bertz CT molecular complexity index is 590. The van der Waals surface area contributed by atoms with E-state index >= 15 is 0 Å². The van der Waals surface area contributed by atoms with Crippen LogP contribution in [0.25, 0.3) is 0 Å². The van der Waals surface area contributed by atoms with Crippen molar-refractivity contribution in [1.29, 1.82) is 0 Å². The number of benzene rings is 2. The SMILES string of the molecule is CC(OO)C(CCOCc1ccccc1)C(O)COCc1ccccc1. The normalized spacial score (nSPS) is 14.7. The maximum atomic E-state index is 10.4. The minimum atomic E-state index is -0.749. The monoisotopic (exact) mass is 360 g/mol. The van der Waals surface area contributed by atoms with Crippen molar-refractivity contribution in [2.75, 3.05) is 13.2 Å². The molecule has 2 rings (SSSR count). The lowest BCUT2D eigenvalue weighted by Gasteiger charge is -2.26. The smallest absolute Gasteiger partial charge is 0.0953 e. The lowest BCUT2D eigenvalue weighted by atomic mass is 9.94. The Morgan fingerprint density at radius 1 is 0.846 bits per heavy atom. The number of aliphatic hydroxyl groups excluding tert-OH is 1. The summed E-state index contributed by atoms with van der Waals surface area (Å²) in [5.41, 5.74) is 2.15. The maximum Gasteiger partial charge on any atom is 0.0953 e. The van der Waals surface area contributed by atoms with Crippen molar-refractivity contribution in [3.63, 3.8) is 0 Å². The molecule has 0 saturated heterocycles. The lowest BCUT2D eigenvalue weighted by molar-refractivity contribution is -0.293. The van der Waals surface area contributed by atoms with Gasteiger partial charge in [0.25, 0.3) is 0 Å². The molecule has 3 unspecified atom stereocenters. The van der Waals surface area contributed by atoms with Crippen LogP contribution in [0.15, 0.2) is 60.7 Å². The molecule has 0 spiro atoms. The van der Waals surface area contributed by atoms with Gasteiger partial charge in [-0.3, -0.25) is 5.26 Å². The zero-order chi connectivity index (χ0) is 18.6. The predicted molar refractivity (Wildman–Crippen MR) is 99.5 cm³/mol. The van der Waals surface area contributed by atoms with Crippen LogP contribution in [-0.4, -0.2) is 35.8 Å². The fourth-order valence-electron chi connectivity index (χ4n) is 2.80. The number of ether oxygens (including phenoxy) is 2. The zero-order valence-corrected chi connectivity index (χ0v) is 15.2. The summed E-state index contributed by atoms with van der Waals surface area (Å²) < 4.78 is 11.3. The van der Waals surface area contributed by atoms with Crippen LogP contribution in [0.3, 0.4) is 0 Å². The highest BCUT2D eigenvalue weighted by molar-refractivity contribution is 5.14. The van der Waals surface area contributed by atoms with Crippen LogP contribution < -0.4 is 0 Å². The minimum absolute atomic E-state index is 0.173. The van der Waals surface area contributed by atoms with E-state index in [0.29, 0.717) is 26.2 Å². The Labute approximate surface area is 155 Å². The van der Waals surface area contributed by atoms with Crippen molar-refractivity contribution >= 4 is 0 Å². The molecule has 0 aromatic heterocycles. The van der Waals surface area contributed by atoms with Gasteiger partial charge in [0.2, 0.25) is 0 Å². The first kappa shape index (κ1) is 20.6. The number of hydrogen-bond donors (Lipinski definition) is 2. The molecule has 142 valence electrons. The largest absolute Gasteiger partial charge is 0.390 e. The van der Waals surface area contributed by atoms with Crippen LogP contribution in [0.5, 0.6) is 0 Å². The van der Waals surface area contributed by atoms with E-state index in [1.165, 1.54) is 0 Å². The molecule has 0 aliphatic carbocycles.